The van der Waals surface area contributed by atoms with Crippen molar-refractivity contribution in [3.8, 4) is 23.0 Å². The molecule has 3 aromatic rings. The molecule has 5 rings (SSSR count). The molecule has 0 saturated carbocycles. The van der Waals surface area contributed by atoms with Gasteiger partial charge in [0.25, 0.3) is 11.8 Å². The molecule has 0 unspecified atom stereocenters. The maximum Gasteiger partial charge on any atom is 0.335 e. The third kappa shape index (κ3) is 5.40. The van der Waals surface area contributed by atoms with E-state index < -0.39 is 17.8 Å². The minimum Gasteiger partial charge on any atom is -0.490 e. The standard InChI is InChI=1S/C31H28N2O7/c1-4-6-22-13-21(15-27(37-5-2)28(22)38-17-20-9-7-19(3)8-10-20)14-24-29(34)32-31(36)33(30(24)35)23-11-12-25-26(16-23)40-18-39-25/h4,7-16H,1,5-6,17-18H2,2-3H3,(H,32,34,36)/b24-14+. The summed E-state index contributed by atoms with van der Waals surface area (Å²) in [6.07, 6.45) is 3.63. The Morgan fingerprint density at radius 3 is 2.52 bits per heavy atom. The highest BCUT2D eigenvalue weighted by molar-refractivity contribution is 6.39. The fraction of sp³-hybridized carbons (Fsp3) is 0.194. The molecule has 9 heteroatoms. The summed E-state index contributed by atoms with van der Waals surface area (Å²) in [5.41, 5.74) is 3.49. The predicted octanol–water partition coefficient (Wildman–Crippen LogP) is 5.10. The van der Waals surface area contributed by atoms with Gasteiger partial charge in [0.15, 0.2) is 23.0 Å². The van der Waals surface area contributed by atoms with Crippen LogP contribution in [0.3, 0.4) is 0 Å². The number of ether oxygens (including phenoxy) is 4. The summed E-state index contributed by atoms with van der Waals surface area (Å²) in [5.74, 6) is 0.361. The molecule has 1 saturated heterocycles. The Balaban J connectivity index is 1.49. The summed E-state index contributed by atoms with van der Waals surface area (Å²) in [6, 6.07) is 15.4. The number of hydrogen-bond donors (Lipinski definition) is 1. The van der Waals surface area contributed by atoms with E-state index in [4.69, 9.17) is 18.9 Å². The molecule has 2 aliphatic heterocycles. The van der Waals surface area contributed by atoms with Gasteiger partial charge in [-0.05, 0) is 61.7 Å². The summed E-state index contributed by atoms with van der Waals surface area (Å²) < 4.78 is 22.8. The van der Waals surface area contributed by atoms with Gasteiger partial charge in [-0.3, -0.25) is 14.9 Å². The third-order valence-corrected chi connectivity index (χ3v) is 6.35. The zero-order chi connectivity index (χ0) is 28.2. The van der Waals surface area contributed by atoms with Gasteiger partial charge in [-0.2, -0.15) is 0 Å². The van der Waals surface area contributed by atoms with Crippen molar-refractivity contribution in [3.63, 3.8) is 0 Å². The summed E-state index contributed by atoms with van der Waals surface area (Å²) >= 11 is 0. The number of anilines is 1. The topological polar surface area (TPSA) is 103 Å². The molecule has 0 aromatic heterocycles. The second-order valence-electron chi connectivity index (χ2n) is 9.20. The van der Waals surface area contributed by atoms with Crippen LogP contribution >= 0.6 is 0 Å². The van der Waals surface area contributed by atoms with Crippen molar-refractivity contribution in [1.82, 2.24) is 5.32 Å². The minimum absolute atomic E-state index is 0.0442. The van der Waals surface area contributed by atoms with Crippen LogP contribution in [0, 0.1) is 6.92 Å². The van der Waals surface area contributed by atoms with Crippen LogP contribution in [-0.4, -0.2) is 31.2 Å². The Hall–Kier alpha value is -5.05. The highest BCUT2D eigenvalue weighted by atomic mass is 16.7. The molecule has 3 aromatic carbocycles. The van der Waals surface area contributed by atoms with Gasteiger partial charge in [0.05, 0.1) is 12.3 Å². The molecule has 40 heavy (non-hydrogen) atoms. The van der Waals surface area contributed by atoms with Crippen molar-refractivity contribution < 1.29 is 33.3 Å². The number of rotatable bonds is 9. The maximum absolute atomic E-state index is 13.5. The van der Waals surface area contributed by atoms with Crippen molar-refractivity contribution in [2.45, 2.75) is 26.9 Å². The van der Waals surface area contributed by atoms with Crippen LogP contribution in [-0.2, 0) is 22.6 Å². The molecule has 4 amide bonds. The molecule has 2 aliphatic rings. The normalized spacial score (nSPS) is 15.3. The highest BCUT2D eigenvalue weighted by Gasteiger charge is 2.37. The SMILES string of the molecule is C=CCc1cc(/C=C2\C(=O)NC(=O)N(c3ccc4c(c3)OCO4)C2=O)cc(OCC)c1OCc1ccc(C)cc1. The number of amides is 4. The first kappa shape index (κ1) is 26.6. The van der Waals surface area contributed by atoms with Crippen LogP contribution in [0.5, 0.6) is 23.0 Å². The van der Waals surface area contributed by atoms with Crippen molar-refractivity contribution in [2.75, 3.05) is 18.3 Å². The van der Waals surface area contributed by atoms with Crippen LogP contribution in [0.2, 0.25) is 0 Å². The quantitative estimate of drug-likeness (QED) is 0.229. The number of carbonyl (C=O) groups is 3. The number of aryl methyl sites for hydroxylation is 1. The van der Waals surface area contributed by atoms with E-state index >= 15 is 0 Å². The summed E-state index contributed by atoms with van der Waals surface area (Å²) in [4.78, 5) is 39.8. The lowest BCUT2D eigenvalue weighted by Crippen LogP contribution is -2.54. The second-order valence-corrected chi connectivity index (χ2v) is 9.20. The van der Waals surface area contributed by atoms with E-state index in [2.05, 4.69) is 11.9 Å². The molecule has 204 valence electrons. The van der Waals surface area contributed by atoms with E-state index in [9.17, 15) is 14.4 Å². The Labute approximate surface area is 231 Å². The predicted molar refractivity (Wildman–Crippen MR) is 149 cm³/mol. The zero-order valence-corrected chi connectivity index (χ0v) is 22.2. The van der Waals surface area contributed by atoms with Crippen LogP contribution in [0.1, 0.15) is 29.2 Å². The second kappa shape index (κ2) is 11.4. The monoisotopic (exact) mass is 540 g/mol. The number of hydrogen-bond acceptors (Lipinski definition) is 7. The van der Waals surface area contributed by atoms with Gasteiger partial charge >= 0.3 is 6.03 Å². The van der Waals surface area contributed by atoms with Crippen LogP contribution in [0.15, 0.2) is 72.8 Å². The highest BCUT2D eigenvalue weighted by Crippen LogP contribution is 2.38. The van der Waals surface area contributed by atoms with Gasteiger partial charge < -0.3 is 18.9 Å². The Bertz CT molecular complexity index is 1530. The number of carbonyl (C=O) groups excluding carboxylic acids is 3. The van der Waals surface area contributed by atoms with Crippen LogP contribution in [0.4, 0.5) is 10.5 Å². The Kier molecular flexibility index (Phi) is 7.54. The molecule has 2 heterocycles. The molecule has 0 bridgehead atoms. The van der Waals surface area contributed by atoms with Gasteiger partial charge in [-0.1, -0.05) is 35.9 Å². The van der Waals surface area contributed by atoms with Crippen LogP contribution < -0.4 is 29.2 Å². The van der Waals surface area contributed by atoms with Gasteiger partial charge in [0.1, 0.15) is 12.2 Å². The lowest BCUT2D eigenvalue weighted by molar-refractivity contribution is -0.122. The average Bonchev–Trinajstić information content (AvgIpc) is 3.40. The van der Waals surface area contributed by atoms with Gasteiger partial charge in [-0.15, -0.1) is 6.58 Å². The van der Waals surface area contributed by atoms with Crippen LogP contribution in [0.25, 0.3) is 6.08 Å². The zero-order valence-electron chi connectivity index (χ0n) is 22.2. The molecule has 0 aliphatic carbocycles. The van der Waals surface area contributed by atoms with Gasteiger partial charge in [0, 0.05) is 11.6 Å². The Morgan fingerprint density at radius 1 is 1.00 bits per heavy atom. The number of fused-ring (bicyclic) bond motifs is 1. The van der Waals surface area contributed by atoms with Crippen molar-refractivity contribution in [1.29, 1.82) is 0 Å². The number of nitrogens with one attached hydrogen (secondary N) is 1. The smallest absolute Gasteiger partial charge is 0.335 e. The molecule has 0 spiro atoms. The summed E-state index contributed by atoms with van der Waals surface area (Å²) in [6.45, 7) is 8.48. The lowest BCUT2D eigenvalue weighted by Gasteiger charge is -2.26. The number of barbiturate groups is 1. The number of benzene rings is 3. The van der Waals surface area contributed by atoms with Crippen molar-refractivity contribution in [2.24, 2.45) is 0 Å². The first-order chi connectivity index (χ1) is 19.4. The largest absolute Gasteiger partial charge is 0.490 e. The molecule has 1 fully saturated rings. The molecule has 0 radical (unpaired) electrons. The lowest BCUT2D eigenvalue weighted by atomic mass is 10.0. The number of imide groups is 2. The maximum atomic E-state index is 13.5. The van der Waals surface area contributed by atoms with Gasteiger partial charge in [0.2, 0.25) is 6.79 Å². The van der Waals surface area contributed by atoms with Crippen molar-refractivity contribution in [3.05, 3.63) is 95.1 Å². The van der Waals surface area contributed by atoms with E-state index in [0.29, 0.717) is 48.2 Å². The first-order valence-corrected chi connectivity index (χ1v) is 12.8. The molecule has 9 nitrogen and oxygen atoms in total. The molecular weight excluding hydrogens is 512 g/mol. The third-order valence-electron chi connectivity index (χ3n) is 6.35. The molecule has 0 atom stereocenters. The fourth-order valence-electron chi connectivity index (χ4n) is 4.42. The Morgan fingerprint density at radius 2 is 1.77 bits per heavy atom. The van der Waals surface area contributed by atoms with Gasteiger partial charge in [-0.25, -0.2) is 9.69 Å². The average molecular weight is 541 g/mol. The number of urea groups is 1. The van der Waals surface area contributed by atoms with E-state index in [1.165, 1.54) is 12.1 Å². The van der Waals surface area contributed by atoms with E-state index in [1.54, 1.807) is 24.3 Å². The first-order valence-electron chi connectivity index (χ1n) is 12.8. The van der Waals surface area contributed by atoms with Crippen molar-refractivity contribution >= 4 is 29.6 Å². The van der Waals surface area contributed by atoms with E-state index in [-0.39, 0.29) is 18.1 Å². The summed E-state index contributed by atoms with van der Waals surface area (Å²) in [7, 11) is 0. The van der Waals surface area contributed by atoms with E-state index in [0.717, 1.165) is 21.6 Å². The molecular formula is C31H28N2O7. The number of nitrogens with zero attached hydrogens (tertiary/aromatic N) is 1. The number of allylic oxidation sites excluding steroid dienone is 1. The fourth-order valence-corrected chi connectivity index (χ4v) is 4.42. The van der Waals surface area contributed by atoms with E-state index in [1.807, 2.05) is 44.2 Å². The minimum atomic E-state index is -0.853. The summed E-state index contributed by atoms with van der Waals surface area (Å²) in [5, 5.41) is 2.24. The molecule has 1 N–H and O–H groups in total.